The van der Waals surface area contributed by atoms with Gasteiger partial charge in [-0.2, -0.15) is 0 Å². The molecular formula is C17H18N4O2. The second-order valence-electron chi connectivity index (χ2n) is 5.42. The molecule has 2 aromatic heterocycles. The van der Waals surface area contributed by atoms with Crippen LogP contribution in [0.1, 0.15) is 10.4 Å². The van der Waals surface area contributed by atoms with Crippen molar-refractivity contribution in [3.05, 3.63) is 42.2 Å². The van der Waals surface area contributed by atoms with Crippen LogP contribution in [0.3, 0.4) is 0 Å². The summed E-state index contributed by atoms with van der Waals surface area (Å²) in [7, 11) is 3.88. The molecule has 0 bridgehead atoms. The Bertz CT molecular complexity index is 879. The molecule has 0 atom stereocenters. The standard InChI is InChI=1S/C17H18N4O2/c1-18-7-8-21(2)16-13-5-6-19-10-14(13)12-4-3-11(17(22)23)9-15(12)20-16/h3-6,9-10,18H,7-8H2,1-2H3,(H,22,23). The number of aromatic carboxylic acids is 1. The third-order valence-corrected chi connectivity index (χ3v) is 3.88. The van der Waals surface area contributed by atoms with Gasteiger partial charge in [0.1, 0.15) is 5.82 Å². The molecule has 0 unspecified atom stereocenters. The van der Waals surface area contributed by atoms with E-state index in [1.54, 1.807) is 30.6 Å². The Labute approximate surface area is 133 Å². The van der Waals surface area contributed by atoms with Crippen molar-refractivity contribution in [3.63, 3.8) is 0 Å². The van der Waals surface area contributed by atoms with Crippen LogP contribution in [0, 0.1) is 0 Å². The minimum absolute atomic E-state index is 0.233. The Morgan fingerprint density at radius 2 is 2.09 bits per heavy atom. The van der Waals surface area contributed by atoms with Crippen LogP contribution in [0.5, 0.6) is 0 Å². The van der Waals surface area contributed by atoms with Crippen LogP contribution in [0.4, 0.5) is 5.82 Å². The van der Waals surface area contributed by atoms with Gasteiger partial charge in [-0.3, -0.25) is 4.98 Å². The fraction of sp³-hybridized carbons (Fsp3) is 0.235. The summed E-state index contributed by atoms with van der Waals surface area (Å²) < 4.78 is 0. The molecule has 6 heteroatoms. The molecule has 118 valence electrons. The van der Waals surface area contributed by atoms with Crippen LogP contribution in [-0.2, 0) is 0 Å². The lowest BCUT2D eigenvalue weighted by atomic mass is 10.1. The zero-order valence-corrected chi connectivity index (χ0v) is 13.1. The predicted octanol–water partition coefficient (Wildman–Crippen LogP) is 2.14. The number of carboxylic acid groups (broad SMARTS) is 1. The van der Waals surface area contributed by atoms with E-state index in [9.17, 15) is 9.90 Å². The van der Waals surface area contributed by atoms with Crippen LogP contribution in [0.25, 0.3) is 21.7 Å². The number of benzene rings is 1. The third kappa shape index (κ3) is 2.80. The van der Waals surface area contributed by atoms with Crippen LogP contribution < -0.4 is 10.2 Å². The molecule has 0 aliphatic rings. The van der Waals surface area contributed by atoms with Gasteiger partial charge in [0.05, 0.1) is 11.1 Å². The Kier molecular flexibility index (Phi) is 4.08. The maximum absolute atomic E-state index is 11.2. The average Bonchev–Trinajstić information content (AvgIpc) is 2.58. The second kappa shape index (κ2) is 6.18. The number of nitrogens with one attached hydrogen (secondary N) is 1. The number of carboxylic acids is 1. The fourth-order valence-electron chi connectivity index (χ4n) is 2.64. The van der Waals surface area contributed by atoms with E-state index in [-0.39, 0.29) is 5.56 Å². The van der Waals surface area contributed by atoms with E-state index in [0.29, 0.717) is 5.52 Å². The zero-order chi connectivity index (χ0) is 16.4. The summed E-state index contributed by atoms with van der Waals surface area (Å²) in [5.41, 5.74) is 0.897. The number of likely N-dealkylation sites (N-methyl/N-ethyl adjacent to an activating group) is 2. The summed E-state index contributed by atoms with van der Waals surface area (Å²) in [6.45, 7) is 1.63. The number of hydrogen-bond acceptors (Lipinski definition) is 5. The van der Waals surface area contributed by atoms with Gasteiger partial charge in [-0.15, -0.1) is 0 Å². The number of nitrogens with zero attached hydrogens (tertiary/aromatic N) is 3. The average molecular weight is 310 g/mol. The number of aromatic nitrogens is 2. The van der Waals surface area contributed by atoms with Gasteiger partial charge in [0.25, 0.3) is 0 Å². The lowest BCUT2D eigenvalue weighted by molar-refractivity contribution is 0.0697. The summed E-state index contributed by atoms with van der Waals surface area (Å²) in [5, 5.41) is 15.2. The lowest BCUT2D eigenvalue weighted by Gasteiger charge is -2.20. The molecule has 0 aliphatic heterocycles. The number of fused-ring (bicyclic) bond motifs is 3. The van der Waals surface area contributed by atoms with Gasteiger partial charge in [0.15, 0.2) is 0 Å². The summed E-state index contributed by atoms with van der Waals surface area (Å²) in [6, 6.07) is 6.95. The largest absolute Gasteiger partial charge is 0.478 e. The number of rotatable bonds is 5. The topological polar surface area (TPSA) is 78.4 Å². The van der Waals surface area contributed by atoms with Crippen LogP contribution in [0.15, 0.2) is 36.7 Å². The number of hydrogen-bond donors (Lipinski definition) is 2. The van der Waals surface area contributed by atoms with Crippen molar-refractivity contribution < 1.29 is 9.90 Å². The molecule has 23 heavy (non-hydrogen) atoms. The second-order valence-corrected chi connectivity index (χ2v) is 5.42. The minimum Gasteiger partial charge on any atom is -0.478 e. The van der Waals surface area contributed by atoms with Crippen molar-refractivity contribution in [3.8, 4) is 0 Å². The molecule has 0 radical (unpaired) electrons. The molecule has 2 heterocycles. The van der Waals surface area contributed by atoms with Gasteiger partial charge in [-0.1, -0.05) is 6.07 Å². The normalized spacial score (nSPS) is 11.0. The molecule has 3 aromatic rings. The van der Waals surface area contributed by atoms with Crippen molar-refractivity contribution in [2.24, 2.45) is 0 Å². The van der Waals surface area contributed by atoms with E-state index in [2.05, 4.69) is 15.2 Å². The monoisotopic (exact) mass is 310 g/mol. The van der Waals surface area contributed by atoms with E-state index >= 15 is 0 Å². The number of carbonyl (C=O) groups is 1. The summed E-state index contributed by atoms with van der Waals surface area (Å²) in [4.78, 5) is 22.2. The molecule has 1 aromatic carbocycles. The van der Waals surface area contributed by atoms with Crippen molar-refractivity contribution in [2.45, 2.75) is 0 Å². The Morgan fingerprint density at radius 1 is 1.26 bits per heavy atom. The molecular weight excluding hydrogens is 292 g/mol. The highest BCUT2D eigenvalue weighted by atomic mass is 16.4. The molecule has 6 nitrogen and oxygen atoms in total. The van der Waals surface area contributed by atoms with Crippen LogP contribution in [-0.4, -0.2) is 48.2 Å². The number of pyridine rings is 2. The van der Waals surface area contributed by atoms with Gasteiger partial charge in [-0.05, 0) is 25.2 Å². The number of anilines is 1. The first-order valence-corrected chi connectivity index (χ1v) is 7.38. The van der Waals surface area contributed by atoms with Crippen LogP contribution in [0.2, 0.25) is 0 Å². The Morgan fingerprint density at radius 3 is 2.83 bits per heavy atom. The van der Waals surface area contributed by atoms with Gasteiger partial charge in [0, 0.05) is 48.7 Å². The smallest absolute Gasteiger partial charge is 0.335 e. The highest BCUT2D eigenvalue weighted by molar-refractivity contribution is 6.10. The van der Waals surface area contributed by atoms with E-state index in [0.717, 1.165) is 35.1 Å². The zero-order valence-electron chi connectivity index (χ0n) is 13.1. The van der Waals surface area contributed by atoms with Gasteiger partial charge in [-0.25, -0.2) is 9.78 Å². The fourth-order valence-corrected chi connectivity index (χ4v) is 2.64. The maximum atomic E-state index is 11.2. The van der Waals surface area contributed by atoms with E-state index in [1.807, 2.05) is 20.2 Å². The molecule has 0 fully saturated rings. The summed E-state index contributed by atoms with van der Waals surface area (Å²) >= 11 is 0. The molecule has 3 rings (SSSR count). The lowest BCUT2D eigenvalue weighted by Crippen LogP contribution is -2.27. The molecule has 0 saturated carbocycles. The van der Waals surface area contributed by atoms with Crippen molar-refractivity contribution >= 4 is 33.5 Å². The Balaban J connectivity index is 2.25. The van der Waals surface area contributed by atoms with Gasteiger partial charge < -0.3 is 15.3 Å². The van der Waals surface area contributed by atoms with Gasteiger partial charge >= 0.3 is 5.97 Å². The summed E-state index contributed by atoms with van der Waals surface area (Å²) in [6.07, 6.45) is 3.55. The molecule has 0 spiro atoms. The van der Waals surface area contributed by atoms with E-state index in [4.69, 9.17) is 4.98 Å². The third-order valence-electron chi connectivity index (χ3n) is 3.88. The van der Waals surface area contributed by atoms with Crippen molar-refractivity contribution in [1.29, 1.82) is 0 Å². The quantitative estimate of drug-likeness (QED) is 0.703. The first-order valence-electron chi connectivity index (χ1n) is 7.38. The molecule has 0 aliphatic carbocycles. The first kappa shape index (κ1) is 15.2. The molecule has 0 amide bonds. The SMILES string of the molecule is CNCCN(C)c1nc2cc(C(=O)O)ccc2c2cnccc12. The van der Waals surface area contributed by atoms with E-state index < -0.39 is 5.97 Å². The highest BCUT2D eigenvalue weighted by Crippen LogP contribution is 2.30. The molecule has 0 saturated heterocycles. The maximum Gasteiger partial charge on any atom is 0.335 e. The first-order chi connectivity index (χ1) is 11.1. The van der Waals surface area contributed by atoms with E-state index in [1.165, 1.54) is 0 Å². The van der Waals surface area contributed by atoms with Crippen LogP contribution >= 0.6 is 0 Å². The Hall–Kier alpha value is -2.73. The predicted molar refractivity (Wildman–Crippen MR) is 91.2 cm³/mol. The van der Waals surface area contributed by atoms with Crippen molar-refractivity contribution in [2.75, 3.05) is 32.1 Å². The minimum atomic E-state index is -0.954. The van der Waals surface area contributed by atoms with Gasteiger partial charge in [0.2, 0.25) is 0 Å². The molecule has 2 N–H and O–H groups in total. The van der Waals surface area contributed by atoms with Crippen molar-refractivity contribution in [1.82, 2.24) is 15.3 Å². The summed E-state index contributed by atoms with van der Waals surface area (Å²) in [5.74, 6) is -0.127. The highest BCUT2D eigenvalue weighted by Gasteiger charge is 2.13.